The molecule has 3 aromatic heterocycles. The summed E-state index contributed by atoms with van der Waals surface area (Å²) in [7, 11) is -0.0593. The Labute approximate surface area is 356 Å². The molecule has 54 heavy (non-hydrogen) atoms. The molecule has 310 valence electrons. The van der Waals surface area contributed by atoms with Crippen LogP contribution in [-0.4, -0.2) is 65.7 Å². The number of rotatable bonds is 9. The molecule has 2 fully saturated rings. The number of carbonyl (C=O) groups is 3. The van der Waals surface area contributed by atoms with E-state index < -0.39 is 17.9 Å². The molecular formula is C41H60N3Ni3O6P. The number of carboxylic acids is 3. The molecule has 3 heterocycles. The van der Waals surface area contributed by atoms with Crippen molar-refractivity contribution in [3.05, 3.63) is 114 Å². The van der Waals surface area contributed by atoms with E-state index in [-0.39, 0.29) is 76.7 Å². The van der Waals surface area contributed by atoms with Crippen molar-refractivity contribution in [2.45, 2.75) is 108 Å². The van der Waals surface area contributed by atoms with Crippen LogP contribution in [0.3, 0.4) is 0 Å². The Morgan fingerprint density at radius 3 is 1.13 bits per heavy atom. The van der Waals surface area contributed by atoms with Gasteiger partial charge in [0, 0.05) is 54.9 Å². The van der Waals surface area contributed by atoms with Crippen LogP contribution in [0.1, 0.15) is 95.6 Å². The van der Waals surface area contributed by atoms with Gasteiger partial charge in [0.1, 0.15) is 0 Å². The van der Waals surface area contributed by atoms with E-state index in [1.54, 1.807) is 44.3 Å². The second-order valence-electron chi connectivity index (χ2n) is 11.8. The molecule has 0 radical (unpaired) electrons. The molecule has 0 bridgehead atoms. The number of nitrogens with zero attached hydrogens (tertiary/aromatic N) is 3. The summed E-state index contributed by atoms with van der Waals surface area (Å²) in [5, 5.41) is 23.0. The van der Waals surface area contributed by atoms with Crippen LogP contribution in [0.15, 0.2) is 73.2 Å². The summed E-state index contributed by atoms with van der Waals surface area (Å²) in [5.74, 6) is -2.57. The van der Waals surface area contributed by atoms with Crippen LogP contribution in [-0.2, 0) is 70.3 Å². The second-order valence-corrected chi connectivity index (χ2v) is 15.1. The molecule has 3 N–H and O–H groups in total. The van der Waals surface area contributed by atoms with E-state index >= 15 is 0 Å². The average Bonchev–Trinajstić information content (AvgIpc) is 3.19. The Bertz CT molecular complexity index is 1180. The molecule has 13 heteroatoms. The van der Waals surface area contributed by atoms with Gasteiger partial charge in [-0.1, -0.05) is 50.3 Å². The quantitative estimate of drug-likeness (QED) is 0.108. The Morgan fingerprint density at radius 1 is 0.574 bits per heavy atom. The van der Waals surface area contributed by atoms with Gasteiger partial charge in [0.05, 0.1) is 22.7 Å². The second kappa shape index (κ2) is 40.4. The third kappa shape index (κ3) is 32.1. The van der Waals surface area contributed by atoms with E-state index in [0.29, 0.717) is 0 Å². The molecule has 0 saturated heterocycles. The summed E-state index contributed by atoms with van der Waals surface area (Å²) in [4.78, 5) is 40.3. The minimum absolute atomic E-state index is 0. The van der Waals surface area contributed by atoms with Gasteiger partial charge in [-0.25, -0.2) is 0 Å². The SMILES string of the molecule is [CH2-]CC(=O)O.[CH2-]CC(=O)O.[CH2-]CC(=O)O.[CH2-]CC[PH+](C1CCCCC1)C1CCCCC1.[CH2-]Cc1ccccn1.[Ni+2].[Ni+2].[Ni].c1ccc(-c2ccccn2)nc1. The van der Waals surface area contributed by atoms with E-state index in [1.165, 1.54) is 62.4 Å². The number of hydrogen-bond acceptors (Lipinski definition) is 6. The van der Waals surface area contributed by atoms with Gasteiger partial charge >= 0.3 is 33.0 Å². The van der Waals surface area contributed by atoms with E-state index in [9.17, 15) is 14.4 Å². The maximum Gasteiger partial charge on any atom is 2.00 e. The molecule has 0 amide bonds. The van der Waals surface area contributed by atoms with Crippen molar-refractivity contribution in [3.63, 3.8) is 0 Å². The van der Waals surface area contributed by atoms with Gasteiger partial charge in [-0.2, -0.15) is 0 Å². The number of pyridine rings is 3. The molecule has 0 atom stereocenters. The van der Waals surface area contributed by atoms with Crippen LogP contribution in [0.4, 0.5) is 0 Å². The number of hydrogen-bond donors (Lipinski definition) is 3. The van der Waals surface area contributed by atoms with Crippen molar-refractivity contribution >= 4 is 25.8 Å². The van der Waals surface area contributed by atoms with Crippen molar-refractivity contribution < 1.29 is 79.2 Å². The van der Waals surface area contributed by atoms with E-state index in [2.05, 4.69) is 49.6 Å². The molecule has 2 saturated carbocycles. The summed E-state index contributed by atoms with van der Waals surface area (Å²) in [6.45, 7) is 17.1. The molecule has 0 spiro atoms. The van der Waals surface area contributed by atoms with Crippen LogP contribution in [0, 0.1) is 34.6 Å². The zero-order valence-corrected chi connectivity index (χ0v) is 35.3. The number of aliphatic carboxylic acids is 3. The Morgan fingerprint density at radius 2 is 0.907 bits per heavy atom. The van der Waals surface area contributed by atoms with Crippen molar-refractivity contribution in [2.75, 3.05) is 6.16 Å². The first kappa shape index (κ1) is 58.5. The zero-order chi connectivity index (χ0) is 38.1. The summed E-state index contributed by atoms with van der Waals surface area (Å²) >= 11 is 0. The molecule has 9 nitrogen and oxygen atoms in total. The topological polar surface area (TPSA) is 151 Å². The van der Waals surface area contributed by atoms with E-state index in [1.807, 2.05) is 54.6 Å². The van der Waals surface area contributed by atoms with E-state index in [0.717, 1.165) is 23.5 Å². The predicted octanol–water partition coefficient (Wildman–Crippen LogP) is 9.57. The minimum atomic E-state index is -0.856. The van der Waals surface area contributed by atoms with Gasteiger partial charge in [-0.15, -0.1) is 12.8 Å². The van der Waals surface area contributed by atoms with Gasteiger partial charge < -0.3 is 49.9 Å². The number of aromatic nitrogens is 3. The van der Waals surface area contributed by atoms with Gasteiger partial charge in [0.15, 0.2) is 0 Å². The van der Waals surface area contributed by atoms with E-state index in [4.69, 9.17) is 15.3 Å². The molecule has 3 aromatic rings. The van der Waals surface area contributed by atoms with Crippen LogP contribution < -0.4 is 0 Å². The monoisotopic (exact) mass is 895 g/mol. The van der Waals surface area contributed by atoms with Crippen molar-refractivity contribution in [1.82, 2.24) is 15.0 Å². The van der Waals surface area contributed by atoms with Crippen LogP contribution in [0.2, 0.25) is 0 Å². The first-order valence-corrected chi connectivity index (χ1v) is 19.7. The summed E-state index contributed by atoms with van der Waals surface area (Å²) in [5.41, 5.74) is 5.22. The fourth-order valence-electron chi connectivity index (χ4n) is 5.47. The first-order chi connectivity index (χ1) is 24.6. The Kier molecular flexibility index (Phi) is 43.8. The van der Waals surface area contributed by atoms with Crippen molar-refractivity contribution in [1.29, 1.82) is 0 Å². The smallest absolute Gasteiger partial charge is 0.483 e. The predicted molar refractivity (Wildman–Crippen MR) is 210 cm³/mol. The van der Waals surface area contributed by atoms with Gasteiger partial charge in [0.25, 0.3) is 17.9 Å². The maximum atomic E-state index is 9.31. The van der Waals surface area contributed by atoms with Crippen molar-refractivity contribution in [3.8, 4) is 11.4 Å². The van der Waals surface area contributed by atoms with Crippen LogP contribution >= 0.6 is 7.92 Å². The molecule has 0 aliphatic heterocycles. The molecule has 0 unspecified atom stereocenters. The third-order valence-corrected chi connectivity index (χ3v) is 12.1. The molecule has 2 aliphatic carbocycles. The molecule has 0 aromatic carbocycles. The summed E-state index contributed by atoms with van der Waals surface area (Å²) in [6, 6.07) is 17.4. The fraction of sp³-hybridized carbons (Fsp3) is 0.439. The van der Waals surface area contributed by atoms with Gasteiger partial charge in [0.2, 0.25) is 0 Å². The standard InChI is InChI=1S/C15H28P.C10H8N2.C7H8N.3C3H5O2.3Ni/c1-2-13-16(14-9-5-3-6-10-14)15-11-7-4-8-12-15;1-3-7-11-9(5-1)10-6-2-4-8-12-10;1-2-7-5-3-4-6-8-7;3*1-2-3(4)5;;;/h14-15H,1-13H2;1-8H;3-6H,1-2H2;3*1-2H2,(H,4,5);;;/q-1;;4*-1;;2*+2/p+1. The maximum absolute atomic E-state index is 9.31. The van der Waals surface area contributed by atoms with Crippen molar-refractivity contribution in [2.24, 2.45) is 0 Å². The normalized spacial score (nSPS) is 13.0. The fourth-order valence-corrected chi connectivity index (χ4v) is 9.66. The first-order valence-electron chi connectivity index (χ1n) is 17.8. The molecule has 2 aliphatic rings. The van der Waals surface area contributed by atoms with Crippen LogP contribution in [0.25, 0.3) is 11.4 Å². The summed E-state index contributed by atoms with van der Waals surface area (Å²) < 4.78 is 0. The zero-order valence-electron chi connectivity index (χ0n) is 31.3. The number of carboxylic acid groups (broad SMARTS) is 3. The average molecular weight is 898 g/mol. The molecular weight excluding hydrogens is 838 g/mol. The summed E-state index contributed by atoms with van der Waals surface area (Å²) in [6.07, 6.45) is 24.2. The van der Waals surface area contributed by atoms with Crippen LogP contribution in [0.5, 0.6) is 0 Å². The molecule has 5 rings (SSSR count). The minimum Gasteiger partial charge on any atom is -0.483 e. The third-order valence-electron chi connectivity index (χ3n) is 7.94. The largest absolute Gasteiger partial charge is 2.00 e. The Balaban J connectivity index is -0.000000294. The van der Waals surface area contributed by atoms with Gasteiger partial charge in [-0.3, -0.25) is 29.3 Å². The Hall–Kier alpha value is -2.23. The van der Waals surface area contributed by atoms with Gasteiger partial charge in [-0.05, 0) is 87.8 Å².